The summed E-state index contributed by atoms with van der Waals surface area (Å²) in [6, 6.07) is 13.6. The highest BCUT2D eigenvalue weighted by Gasteiger charge is 2.33. The van der Waals surface area contributed by atoms with Gasteiger partial charge in [0, 0.05) is 0 Å². The van der Waals surface area contributed by atoms with Gasteiger partial charge in [-0.1, -0.05) is 43.0 Å². The Kier molecular flexibility index (Phi) is 5.19. The molecule has 118 valence electrons. The third-order valence-corrected chi connectivity index (χ3v) is 4.34. The van der Waals surface area contributed by atoms with E-state index in [9.17, 15) is 10.2 Å². The summed E-state index contributed by atoms with van der Waals surface area (Å²) in [5.74, 6) is 0.359. The zero-order chi connectivity index (χ0) is 16.9. The normalized spacial score (nSPS) is 12.5. The number of hydrogen-bond donors (Lipinski definition) is 4. The Morgan fingerprint density at radius 3 is 1.74 bits per heavy atom. The van der Waals surface area contributed by atoms with Gasteiger partial charge in [0.25, 0.3) is 0 Å². The fraction of sp³-hybridized carbons (Fsp3) is 0.0526. The number of allylic oxidation sites excluding steroid dienone is 3. The monoisotopic (exact) mass is 325 g/mol. The summed E-state index contributed by atoms with van der Waals surface area (Å²) in [5, 5.41) is 19.1. The first kappa shape index (κ1) is 16.8. The summed E-state index contributed by atoms with van der Waals surface area (Å²) in [5.41, 5.74) is 8.12. The van der Waals surface area contributed by atoms with E-state index in [2.05, 4.69) is 6.58 Å². The van der Waals surface area contributed by atoms with Crippen molar-refractivity contribution in [1.82, 2.24) is 0 Å². The highest BCUT2D eigenvalue weighted by atomic mass is 32.1. The molecule has 0 atom stereocenters. The van der Waals surface area contributed by atoms with Crippen LogP contribution in [-0.4, -0.2) is 10.2 Å². The van der Waals surface area contributed by atoms with Crippen LogP contribution >= 0.6 is 12.6 Å². The van der Waals surface area contributed by atoms with Crippen molar-refractivity contribution < 1.29 is 10.2 Å². The average molecular weight is 325 g/mol. The molecule has 0 aliphatic carbocycles. The summed E-state index contributed by atoms with van der Waals surface area (Å²) in [6.07, 6.45) is 6.70. The van der Waals surface area contributed by atoms with Crippen LogP contribution in [0.3, 0.4) is 0 Å². The maximum Gasteiger partial charge on any atom is 0.115 e. The minimum absolute atomic E-state index is 0.179. The molecule has 4 N–H and O–H groups in total. The molecule has 0 saturated carbocycles. The minimum Gasteiger partial charge on any atom is -0.508 e. The topological polar surface area (TPSA) is 66.5 Å². The lowest BCUT2D eigenvalue weighted by molar-refractivity contribution is 0.475. The molecule has 0 fully saturated rings. The zero-order valence-corrected chi connectivity index (χ0v) is 13.4. The van der Waals surface area contributed by atoms with Crippen molar-refractivity contribution in [3.63, 3.8) is 0 Å². The van der Waals surface area contributed by atoms with Crippen LogP contribution in [0.5, 0.6) is 11.5 Å². The van der Waals surface area contributed by atoms with Crippen LogP contribution in [0, 0.1) is 0 Å². The van der Waals surface area contributed by atoms with E-state index in [0.717, 1.165) is 16.7 Å². The molecule has 0 spiro atoms. The number of nitrogens with two attached hydrogens (primary N) is 1. The number of benzene rings is 2. The molecule has 3 nitrogen and oxygen atoms in total. The third-order valence-electron chi connectivity index (χ3n) is 3.56. The second kappa shape index (κ2) is 7.11. The molecular weight excluding hydrogens is 306 g/mol. The van der Waals surface area contributed by atoms with Crippen molar-refractivity contribution in [2.75, 3.05) is 0 Å². The minimum atomic E-state index is -0.814. The lowest BCUT2D eigenvalue weighted by atomic mass is 9.83. The summed E-state index contributed by atoms with van der Waals surface area (Å²) in [6.45, 7) is 3.75. The van der Waals surface area contributed by atoms with E-state index in [1.165, 1.54) is 6.20 Å². The van der Waals surface area contributed by atoms with Gasteiger partial charge < -0.3 is 15.9 Å². The molecule has 0 aliphatic rings. The smallest absolute Gasteiger partial charge is 0.115 e. The van der Waals surface area contributed by atoms with Gasteiger partial charge in [0.15, 0.2) is 0 Å². The van der Waals surface area contributed by atoms with E-state index < -0.39 is 4.75 Å². The molecule has 0 unspecified atom stereocenters. The van der Waals surface area contributed by atoms with Crippen LogP contribution in [0.4, 0.5) is 0 Å². The first-order valence-electron chi connectivity index (χ1n) is 7.05. The second-order valence-electron chi connectivity index (χ2n) is 5.02. The Balaban J connectivity index is 2.72. The van der Waals surface area contributed by atoms with Gasteiger partial charge in [-0.05, 0) is 53.2 Å². The number of phenolic OH excluding ortho intramolecular Hbond substituents is 2. The van der Waals surface area contributed by atoms with Gasteiger partial charge in [0.05, 0.1) is 4.75 Å². The number of phenols is 2. The predicted molar refractivity (Wildman–Crippen MR) is 97.6 cm³/mol. The van der Waals surface area contributed by atoms with E-state index in [-0.39, 0.29) is 11.5 Å². The molecule has 2 aromatic carbocycles. The molecule has 0 saturated heterocycles. The number of aromatic hydroxyl groups is 2. The standard InChI is InChI=1S/C19H19NO2S/c1-2-3-14(12-13-20)19(23,15-4-8-17(21)9-5-15)16-6-10-18(22)11-7-16/h2-13,21-23H,1,20H2/b13-12-,14-3+. The summed E-state index contributed by atoms with van der Waals surface area (Å²) >= 11 is 4.94. The Hall–Kier alpha value is -2.59. The van der Waals surface area contributed by atoms with Gasteiger partial charge in [-0.15, -0.1) is 0 Å². The van der Waals surface area contributed by atoms with Gasteiger partial charge >= 0.3 is 0 Å². The van der Waals surface area contributed by atoms with Crippen molar-refractivity contribution in [1.29, 1.82) is 0 Å². The van der Waals surface area contributed by atoms with Crippen molar-refractivity contribution in [2.24, 2.45) is 5.73 Å². The van der Waals surface area contributed by atoms with Crippen LogP contribution in [0.2, 0.25) is 0 Å². The third kappa shape index (κ3) is 3.43. The molecule has 0 aliphatic heterocycles. The lowest BCUT2D eigenvalue weighted by Crippen LogP contribution is -2.23. The summed E-state index contributed by atoms with van der Waals surface area (Å²) < 4.78 is -0.814. The number of thiol groups is 1. The van der Waals surface area contributed by atoms with Gasteiger partial charge in [-0.3, -0.25) is 0 Å². The second-order valence-corrected chi connectivity index (χ2v) is 5.69. The molecule has 23 heavy (non-hydrogen) atoms. The van der Waals surface area contributed by atoms with E-state index in [1.807, 2.05) is 6.08 Å². The highest BCUT2D eigenvalue weighted by molar-refractivity contribution is 7.81. The predicted octanol–water partition coefficient (Wildman–Crippen LogP) is 3.86. The Labute approximate surface area is 141 Å². The maximum absolute atomic E-state index is 9.55. The summed E-state index contributed by atoms with van der Waals surface area (Å²) in [7, 11) is 0. The SMILES string of the molecule is C=C/C=C(\C=C/N)C(S)(c1ccc(O)cc1)c1ccc(O)cc1. The molecule has 0 radical (unpaired) electrons. The molecule has 2 rings (SSSR count). The molecule has 0 bridgehead atoms. The Morgan fingerprint density at radius 2 is 1.39 bits per heavy atom. The van der Waals surface area contributed by atoms with Gasteiger partial charge in [-0.25, -0.2) is 0 Å². The largest absolute Gasteiger partial charge is 0.508 e. The zero-order valence-electron chi connectivity index (χ0n) is 12.6. The summed E-state index contributed by atoms with van der Waals surface area (Å²) in [4.78, 5) is 0. The number of hydrogen-bond acceptors (Lipinski definition) is 4. The van der Waals surface area contributed by atoms with Crippen molar-refractivity contribution in [3.8, 4) is 11.5 Å². The van der Waals surface area contributed by atoms with Crippen molar-refractivity contribution in [2.45, 2.75) is 4.75 Å². The van der Waals surface area contributed by atoms with E-state index in [0.29, 0.717) is 0 Å². The molecular formula is C19H19NO2S. The number of rotatable bonds is 5. The van der Waals surface area contributed by atoms with Crippen molar-refractivity contribution >= 4 is 12.6 Å². The molecule has 0 amide bonds. The first-order valence-corrected chi connectivity index (χ1v) is 7.50. The molecule has 0 heterocycles. The molecule has 2 aromatic rings. The van der Waals surface area contributed by atoms with Crippen LogP contribution in [0.25, 0.3) is 0 Å². The molecule has 0 aromatic heterocycles. The fourth-order valence-electron chi connectivity index (χ4n) is 2.43. The fourth-order valence-corrected chi connectivity index (χ4v) is 2.88. The van der Waals surface area contributed by atoms with E-state index in [4.69, 9.17) is 18.4 Å². The lowest BCUT2D eigenvalue weighted by Gasteiger charge is -2.31. The average Bonchev–Trinajstić information content (AvgIpc) is 2.55. The Bertz CT molecular complexity index is 685. The van der Waals surface area contributed by atoms with Crippen LogP contribution in [0.15, 0.2) is 85.1 Å². The molecule has 4 heteroatoms. The van der Waals surface area contributed by atoms with Crippen LogP contribution in [-0.2, 0) is 4.75 Å². The quantitative estimate of drug-likeness (QED) is 0.498. The van der Waals surface area contributed by atoms with E-state index >= 15 is 0 Å². The van der Waals surface area contributed by atoms with Gasteiger partial charge in [0.2, 0.25) is 0 Å². The van der Waals surface area contributed by atoms with Gasteiger partial charge in [-0.2, -0.15) is 12.6 Å². The van der Waals surface area contributed by atoms with E-state index in [1.54, 1.807) is 60.7 Å². The van der Waals surface area contributed by atoms with Crippen LogP contribution in [0.1, 0.15) is 11.1 Å². The van der Waals surface area contributed by atoms with Gasteiger partial charge in [0.1, 0.15) is 11.5 Å². The first-order chi connectivity index (χ1) is 11.0. The van der Waals surface area contributed by atoms with Crippen molar-refractivity contribution in [3.05, 3.63) is 96.2 Å². The Morgan fingerprint density at radius 1 is 0.957 bits per heavy atom. The van der Waals surface area contributed by atoms with Crippen LogP contribution < -0.4 is 5.73 Å². The highest BCUT2D eigenvalue weighted by Crippen LogP contribution is 2.44. The maximum atomic E-state index is 9.55.